The molecule has 0 heterocycles. The van der Waals surface area contributed by atoms with Gasteiger partial charge < -0.3 is 20.1 Å². The molecule has 0 spiro atoms. The van der Waals surface area contributed by atoms with Gasteiger partial charge in [-0.15, -0.1) is 0 Å². The van der Waals surface area contributed by atoms with Crippen LogP contribution < -0.4 is 5.73 Å². The second-order valence-electron chi connectivity index (χ2n) is 26.2. The second kappa shape index (κ2) is 74.7. The van der Waals surface area contributed by atoms with E-state index in [0.717, 1.165) is 57.8 Å². The summed E-state index contributed by atoms with van der Waals surface area (Å²) in [6.07, 6.45) is 97.8. The summed E-state index contributed by atoms with van der Waals surface area (Å²) in [6.45, 7) is 3.71. The van der Waals surface area contributed by atoms with Gasteiger partial charge in [-0.1, -0.05) is 370 Å². The molecule has 9 nitrogen and oxygen atoms in total. The van der Waals surface area contributed by atoms with E-state index in [2.05, 4.69) is 74.6 Å². The van der Waals surface area contributed by atoms with Gasteiger partial charge >= 0.3 is 19.8 Å². The fourth-order valence-electron chi connectivity index (χ4n) is 11.7. The average Bonchev–Trinajstić information content (AvgIpc) is 3.66. The lowest BCUT2D eigenvalue weighted by molar-refractivity contribution is -0.161. The highest BCUT2D eigenvalue weighted by Gasteiger charge is 2.26. The number of allylic oxidation sites excluding steroid dienone is 10. The van der Waals surface area contributed by atoms with Crippen molar-refractivity contribution in [1.82, 2.24) is 0 Å². The van der Waals surface area contributed by atoms with E-state index in [-0.39, 0.29) is 38.6 Å². The molecule has 0 aromatic heterocycles. The largest absolute Gasteiger partial charge is 0.472 e. The molecule has 0 amide bonds. The summed E-state index contributed by atoms with van der Waals surface area (Å²) < 4.78 is 33.3. The van der Waals surface area contributed by atoms with Crippen LogP contribution in [-0.4, -0.2) is 49.3 Å². The fourth-order valence-corrected chi connectivity index (χ4v) is 12.5. The molecule has 0 fully saturated rings. The van der Waals surface area contributed by atoms with E-state index in [1.807, 2.05) is 0 Å². The third-order valence-corrected chi connectivity index (χ3v) is 18.4. The van der Waals surface area contributed by atoms with Crippen LogP contribution in [0.3, 0.4) is 0 Å². The Morgan fingerprint density at radius 2 is 0.618 bits per heavy atom. The number of carbonyl (C=O) groups excluding carboxylic acids is 2. The summed E-state index contributed by atoms with van der Waals surface area (Å²) in [7, 11) is -4.39. The normalized spacial score (nSPS) is 13.2. The highest BCUT2D eigenvalue weighted by Crippen LogP contribution is 2.43. The molecular formula is C79H148NO8P. The van der Waals surface area contributed by atoms with Crippen LogP contribution in [0.5, 0.6) is 0 Å². The molecule has 0 aromatic carbocycles. The Morgan fingerprint density at radius 1 is 0.348 bits per heavy atom. The third-order valence-electron chi connectivity index (χ3n) is 17.4. The molecular weight excluding hydrogens is 1120 g/mol. The van der Waals surface area contributed by atoms with Gasteiger partial charge in [-0.05, 0) is 77.0 Å². The van der Waals surface area contributed by atoms with Gasteiger partial charge in [-0.25, -0.2) is 4.57 Å². The molecule has 10 heteroatoms. The maximum Gasteiger partial charge on any atom is 0.472 e. The van der Waals surface area contributed by atoms with Crippen LogP contribution in [0.25, 0.3) is 0 Å². The van der Waals surface area contributed by atoms with Gasteiger partial charge in [0.05, 0.1) is 13.2 Å². The van der Waals surface area contributed by atoms with Crippen molar-refractivity contribution in [2.24, 2.45) is 5.73 Å². The summed E-state index contributed by atoms with van der Waals surface area (Å²) >= 11 is 0. The van der Waals surface area contributed by atoms with E-state index in [4.69, 9.17) is 24.3 Å². The lowest BCUT2D eigenvalue weighted by Crippen LogP contribution is -2.29. The van der Waals surface area contributed by atoms with E-state index >= 15 is 0 Å². The topological polar surface area (TPSA) is 134 Å². The summed E-state index contributed by atoms with van der Waals surface area (Å²) in [6, 6.07) is 0. The van der Waals surface area contributed by atoms with Crippen molar-refractivity contribution in [3.63, 3.8) is 0 Å². The molecule has 522 valence electrons. The zero-order valence-electron chi connectivity index (χ0n) is 58.9. The Labute approximate surface area is 552 Å². The van der Waals surface area contributed by atoms with Gasteiger partial charge in [-0.2, -0.15) is 0 Å². The van der Waals surface area contributed by atoms with Crippen molar-refractivity contribution in [2.75, 3.05) is 26.4 Å². The molecule has 0 aliphatic rings. The first-order chi connectivity index (χ1) is 43.8. The first-order valence-electron chi connectivity index (χ1n) is 38.8. The van der Waals surface area contributed by atoms with Crippen LogP contribution in [-0.2, 0) is 32.7 Å². The molecule has 0 aromatic rings. The number of hydrogen-bond acceptors (Lipinski definition) is 8. The molecule has 2 unspecified atom stereocenters. The number of hydrogen-bond donors (Lipinski definition) is 2. The lowest BCUT2D eigenvalue weighted by Gasteiger charge is -2.19. The van der Waals surface area contributed by atoms with E-state index in [0.29, 0.717) is 6.42 Å². The predicted octanol–water partition coefficient (Wildman–Crippen LogP) is 25.8. The summed E-state index contributed by atoms with van der Waals surface area (Å²) in [4.78, 5) is 35.4. The zero-order valence-corrected chi connectivity index (χ0v) is 59.8. The summed E-state index contributed by atoms with van der Waals surface area (Å²) in [5.41, 5.74) is 5.41. The monoisotopic (exact) mass is 1270 g/mol. The fraction of sp³-hybridized carbons (Fsp3) is 0.848. The Balaban J connectivity index is 3.77. The minimum Gasteiger partial charge on any atom is -0.462 e. The number of esters is 2. The van der Waals surface area contributed by atoms with Gasteiger partial charge in [0.15, 0.2) is 6.10 Å². The highest BCUT2D eigenvalue weighted by atomic mass is 31.2. The highest BCUT2D eigenvalue weighted by molar-refractivity contribution is 7.47. The lowest BCUT2D eigenvalue weighted by atomic mass is 10.0. The van der Waals surface area contributed by atoms with Crippen LogP contribution in [0.4, 0.5) is 0 Å². The number of rotatable bonds is 74. The zero-order chi connectivity index (χ0) is 64.4. The minimum atomic E-state index is -4.39. The number of carbonyl (C=O) groups is 2. The average molecular weight is 1270 g/mol. The number of ether oxygens (including phenoxy) is 2. The van der Waals surface area contributed by atoms with Crippen LogP contribution in [0, 0.1) is 0 Å². The summed E-state index contributed by atoms with van der Waals surface area (Å²) in [5, 5.41) is 0. The standard InChI is InChI=1S/C79H148NO8P/c1-3-5-7-9-11-13-15-17-19-21-23-25-27-29-31-33-35-37-38-40-42-44-46-48-50-52-54-56-58-60-62-64-66-68-70-72-79(82)88-77(76-87-89(83,84)86-74-73-80)75-85-78(81)71-69-67-65-63-61-59-57-55-53-51-49-47-45-43-41-39-36-34-32-30-28-26-24-22-20-18-16-14-12-10-8-6-4-2/h5,7,11,13,17,19,22-25,77H,3-4,6,8-10,12,14-16,18,20-21,26-76,80H2,1-2H3,(H,83,84)/b7-5-,13-11-,19-17-,24-22-,25-23-. The van der Waals surface area contributed by atoms with Gasteiger partial charge in [0.1, 0.15) is 6.61 Å². The minimum absolute atomic E-state index is 0.0554. The Hall–Kier alpha value is -2.29. The number of nitrogens with two attached hydrogens (primary N) is 1. The molecule has 0 saturated carbocycles. The SMILES string of the molecule is CC/C=C\C/C=C\C/C=C\C/C=C\CCCCCCCCCCCCCCCCCCCCCCCCC(=O)OC(COC(=O)CCCCCCCCCCCCCCCCCCCCCCC/C=C\CCCCCCCCCC)COP(=O)(O)OCCN. The van der Waals surface area contributed by atoms with Crippen LogP contribution >= 0.6 is 7.82 Å². The van der Waals surface area contributed by atoms with Crippen molar-refractivity contribution in [3.05, 3.63) is 60.8 Å². The number of phosphoric acid groups is 1. The van der Waals surface area contributed by atoms with Crippen molar-refractivity contribution >= 4 is 19.8 Å². The van der Waals surface area contributed by atoms with Crippen molar-refractivity contribution in [3.8, 4) is 0 Å². The Kier molecular flexibility index (Phi) is 72.8. The molecule has 0 saturated heterocycles. The van der Waals surface area contributed by atoms with Gasteiger partial charge in [-0.3, -0.25) is 18.6 Å². The van der Waals surface area contributed by atoms with E-state index in [1.54, 1.807) is 0 Å². The molecule has 2 atom stereocenters. The Bertz CT molecular complexity index is 1640. The van der Waals surface area contributed by atoms with Crippen LogP contribution in [0.15, 0.2) is 60.8 Å². The van der Waals surface area contributed by atoms with Crippen molar-refractivity contribution in [2.45, 2.75) is 405 Å². The van der Waals surface area contributed by atoms with Gasteiger partial charge in [0, 0.05) is 19.4 Å². The predicted molar refractivity (Wildman–Crippen MR) is 386 cm³/mol. The molecule has 0 radical (unpaired) electrons. The maximum atomic E-state index is 12.8. The van der Waals surface area contributed by atoms with Crippen molar-refractivity contribution in [1.29, 1.82) is 0 Å². The quantitative estimate of drug-likeness (QED) is 0.0264. The maximum absolute atomic E-state index is 12.8. The third kappa shape index (κ3) is 74.6. The molecule has 0 rings (SSSR count). The molecule has 89 heavy (non-hydrogen) atoms. The van der Waals surface area contributed by atoms with Gasteiger partial charge in [0.2, 0.25) is 0 Å². The summed E-state index contributed by atoms with van der Waals surface area (Å²) in [5.74, 6) is -0.804. The van der Waals surface area contributed by atoms with E-state index < -0.39 is 26.5 Å². The van der Waals surface area contributed by atoms with Crippen LogP contribution in [0.2, 0.25) is 0 Å². The van der Waals surface area contributed by atoms with E-state index in [9.17, 15) is 19.0 Å². The molecule has 0 aliphatic carbocycles. The van der Waals surface area contributed by atoms with Crippen molar-refractivity contribution < 1.29 is 37.6 Å². The molecule has 3 N–H and O–H groups in total. The smallest absolute Gasteiger partial charge is 0.462 e. The molecule has 0 aliphatic heterocycles. The number of unbranched alkanes of at least 4 members (excludes halogenated alkanes) is 51. The van der Waals surface area contributed by atoms with Crippen LogP contribution in [0.1, 0.15) is 399 Å². The van der Waals surface area contributed by atoms with E-state index in [1.165, 1.54) is 308 Å². The number of phosphoric ester groups is 1. The van der Waals surface area contributed by atoms with Gasteiger partial charge in [0.25, 0.3) is 0 Å². The first kappa shape index (κ1) is 86.7. The first-order valence-corrected chi connectivity index (χ1v) is 40.3. The molecule has 0 bridgehead atoms. The second-order valence-corrected chi connectivity index (χ2v) is 27.7. The Morgan fingerprint density at radius 3 is 0.933 bits per heavy atom.